The standard InChI is InChI=1S/C19H25NO3/c1-19(2,3)23-18(22)20-12-15(13-8-4-6-10-16(13)20)14-9-5-7-11-17(14)21/h4,6,8,10,12,14,17,21H,5,7,9,11H2,1-3H3. The highest BCUT2D eigenvalue weighted by Gasteiger charge is 2.29. The van der Waals surface area contributed by atoms with Crippen molar-refractivity contribution in [3.05, 3.63) is 36.0 Å². The predicted octanol–water partition coefficient (Wildman–Crippen LogP) is 4.44. The fraction of sp³-hybridized carbons (Fsp3) is 0.526. The second-order valence-corrected chi connectivity index (χ2v) is 7.41. The molecule has 124 valence electrons. The third-order valence-corrected chi connectivity index (χ3v) is 4.46. The zero-order valence-corrected chi connectivity index (χ0v) is 14.1. The number of carbonyl (C=O) groups is 1. The van der Waals surface area contributed by atoms with E-state index in [0.717, 1.165) is 42.1 Å². The smallest absolute Gasteiger partial charge is 0.419 e. The van der Waals surface area contributed by atoms with Gasteiger partial charge in [-0.05, 0) is 45.2 Å². The van der Waals surface area contributed by atoms with Gasteiger partial charge in [0.15, 0.2) is 0 Å². The van der Waals surface area contributed by atoms with Crippen molar-refractivity contribution >= 4 is 17.0 Å². The van der Waals surface area contributed by atoms with Crippen LogP contribution in [0.1, 0.15) is 57.9 Å². The van der Waals surface area contributed by atoms with Crippen molar-refractivity contribution in [2.45, 2.75) is 64.1 Å². The maximum Gasteiger partial charge on any atom is 0.419 e. The van der Waals surface area contributed by atoms with Crippen molar-refractivity contribution < 1.29 is 14.6 Å². The van der Waals surface area contributed by atoms with Crippen LogP contribution in [0.4, 0.5) is 4.79 Å². The van der Waals surface area contributed by atoms with Crippen LogP contribution in [0.5, 0.6) is 0 Å². The first kappa shape index (κ1) is 16.1. The van der Waals surface area contributed by atoms with Crippen LogP contribution in [-0.4, -0.2) is 27.5 Å². The SMILES string of the molecule is CC(C)(C)OC(=O)n1cc(C2CCCCC2O)c2ccccc21. The fourth-order valence-corrected chi connectivity index (χ4v) is 3.44. The summed E-state index contributed by atoms with van der Waals surface area (Å²) < 4.78 is 7.10. The van der Waals surface area contributed by atoms with Crippen molar-refractivity contribution in [1.82, 2.24) is 4.57 Å². The van der Waals surface area contributed by atoms with Gasteiger partial charge in [0.05, 0.1) is 11.6 Å². The third-order valence-electron chi connectivity index (χ3n) is 4.46. The molecule has 0 spiro atoms. The van der Waals surface area contributed by atoms with E-state index in [0.29, 0.717) is 0 Å². The van der Waals surface area contributed by atoms with Crippen molar-refractivity contribution in [3.8, 4) is 0 Å². The zero-order chi connectivity index (χ0) is 16.6. The van der Waals surface area contributed by atoms with Gasteiger partial charge >= 0.3 is 6.09 Å². The summed E-state index contributed by atoms with van der Waals surface area (Å²) in [4.78, 5) is 12.5. The van der Waals surface area contributed by atoms with Gasteiger partial charge in [-0.1, -0.05) is 31.0 Å². The summed E-state index contributed by atoms with van der Waals surface area (Å²) in [5.74, 6) is 0.0948. The normalized spacial score (nSPS) is 22.3. The summed E-state index contributed by atoms with van der Waals surface area (Å²) in [5.41, 5.74) is 1.36. The molecular formula is C19H25NO3. The lowest BCUT2D eigenvalue weighted by Crippen LogP contribution is -2.27. The molecule has 0 amide bonds. The molecule has 4 nitrogen and oxygen atoms in total. The number of nitrogens with zero attached hydrogens (tertiary/aromatic N) is 1. The number of rotatable bonds is 1. The lowest BCUT2D eigenvalue weighted by atomic mass is 9.82. The minimum atomic E-state index is -0.535. The highest BCUT2D eigenvalue weighted by Crippen LogP contribution is 2.37. The number of hydrogen-bond donors (Lipinski definition) is 1. The van der Waals surface area contributed by atoms with Crippen LogP contribution in [-0.2, 0) is 4.74 Å². The van der Waals surface area contributed by atoms with Crippen LogP contribution in [0.3, 0.4) is 0 Å². The highest BCUT2D eigenvalue weighted by atomic mass is 16.6. The number of carbonyl (C=O) groups excluding carboxylic acids is 1. The van der Waals surface area contributed by atoms with Gasteiger partial charge in [-0.3, -0.25) is 4.57 Å². The number of benzene rings is 1. The van der Waals surface area contributed by atoms with Crippen LogP contribution >= 0.6 is 0 Å². The van der Waals surface area contributed by atoms with Gasteiger partial charge < -0.3 is 9.84 Å². The summed E-state index contributed by atoms with van der Waals surface area (Å²) in [5, 5.41) is 11.4. The van der Waals surface area contributed by atoms with Crippen LogP contribution < -0.4 is 0 Å². The van der Waals surface area contributed by atoms with Crippen molar-refractivity contribution in [1.29, 1.82) is 0 Å². The quantitative estimate of drug-likeness (QED) is 0.846. The van der Waals surface area contributed by atoms with E-state index in [1.807, 2.05) is 51.2 Å². The molecule has 1 aromatic carbocycles. The second kappa shape index (κ2) is 6.00. The highest BCUT2D eigenvalue weighted by molar-refractivity contribution is 5.92. The predicted molar refractivity (Wildman–Crippen MR) is 90.8 cm³/mol. The Hall–Kier alpha value is -1.81. The summed E-state index contributed by atoms with van der Waals surface area (Å²) in [7, 11) is 0. The molecule has 0 bridgehead atoms. The van der Waals surface area contributed by atoms with Gasteiger partial charge in [-0.2, -0.15) is 0 Å². The Balaban J connectivity index is 2.05. The molecule has 0 saturated heterocycles. The molecule has 3 rings (SSSR count). The molecule has 0 aliphatic heterocycles. The molecule has 1 N–H and O–H groups in total. The van der Waals surface area contributed by atoms with E-state index in [4.69, 9.17) is 4.74 Å². The first-order valence-electron chi connectivity index (χ1n) is 8.38. The molecule has 4 heteroatoms. The Labute approximate surface area is 137 Å². The van der Waals surface area contributed by atoms with Crippen LogP contribution in [0, 0.1) is 0 Å². The van der Waals surface area contributed by atoms with Crippen LogP contribution in [0.25, 0.3) is 10.9 Å². The third kappa shape index (κ3) is 3.27. The molecule has 2 aromatic rings. The Morgan fingerprint density at radius 2 is 1.91 bits per heavy atom. The Morgan fingerprint density at radius 1 is 1.22 bits per heavy atom. The van der Waals surface area contributed by atoms with E-state index in [-0.39, 0.29) is 18.1 Å². The lowest BCUT2D eigenvalue weighted by Gasteiger charge is -2.27. The van der Waals surface area contributed by atoms with E-state index < -0.39 is 5.60 Å². The van der Waals surface area contributed by atoms with E-state index >= 15 is 0 Å². The largest absolute Gasteiger partial charge is 0.443 e. The number of hydrogen-bond acceptors (Lipinski definition) is 3. The average molecular weight is 315 g/mol. The van der Waals surface area contributed by atoms with Gasteiger partial charge in [0.2, 0.25) is 0 Å². The second-order valence-electron chi connectivity index (χ2n) is 7.41. The van der Waals surface area contributed by atoms with E-state index in [1.54, 1.807) is 4.57 Å². The Morgan fingerprint density at radius 3 is 2.61 bits per heavy atom. The Kier molecular flexibility index (Phi) is 4.19. The molecule has 1 aliphatic rings. The Bertz CT molecular complexity index is 711. The minimum Gasteiger partial charge on any atom is -0.443 e. The molecule has 0 radical (unpaired) electrons. The summed E-state index contributed by atoms with van der Waals surface area (Å²) in [6.45, 7) is 5.59. The molecule has 2 atom stereocenters. The van der Waals surface area contributed by atoms with Crippen molar-refractivity contribution in [2.24, 2.45) is 0 Å². The topological polar surface area (TPSA) is 51.5 Å². The number of aromatic nitrogens is 1. The average Bonchev–Trinajstić information content (AvgIpc) is 2.86. The zero-order valence-electron chi connectivity index (χ0n) is 14.1. The van der Waals surface area contributed by atoms with Gasteiger partial charge in [0.1, 0.15) is 5.60 Å². The number of aliphatic hydroxyl groups excluding tert-OH is 1. The van der Waals surface area contributed by atoms with Crippen molar-refractivity contribution in [3.63, 3.8) is 0 Å². The van der Waals surface area contributed by atoms with E-state index in [1.165, 1.54) is 0 Å². The van der Waals surface area contributed by atoms with Gasteiger partial charge in [0.25, 0.3) is 0 Å². The van der Waals surface area contributed by atoms with Gasteiger partial charge in [0, 0.05) is 17.5 Å². The minimum absolute atomic E-state index is 0.0948. The molecule has 1 heterocycles. The monoisotopic (exact) mass is 315 g/mol. The van der Waals surface area contributed by atoms with Crippen molar-refractivity contribution in [2.75, 3.05) is 0 Å². The number of fused-ring (bicyclic) bond motifs is 1. The molecule has 2 unspecified atom stereocenters. The van der Waals surface area contributed by atoms with Gasteiger partial charge in [-0.15, -0.1) is 0 Å². The lowest BCUT2D eigenvalue weighted by molar-refractivity contribution is 0.0543. The van der Waals surface area contributed by atoms with Crippen LogP contribution in [0.15, 0.2) is 30.5 Å². The van der Waals surface area contributed by atoms with Crippen LogP contribution in [0.2, 0.25) is 0 Å². The van der Waals surface area contributed by atoms with E-state index in [9.17, 15) is 9.90 Å². The summed E-state index contributed by atoms with van der Waals surface area (Å²) >= 11 is 0. The number of ether oxygens (including phenoxy) is 1. The number of para-hydroxylation sites is 1. The molecule has 1 fully saturated rings. The molecular weight excluding hydrogens is 290 g/mol. The first-order chi connectivity index (χ1) is 10.9. The fourth-order valence-electron chi connectivity index (χ4n) is 3.44. The summed E-state index contributed by atoms with van der Waals surface area (Å²) in [6, 6.07) is 7.84. The number of aliphatic hydroxyl groups is 1. The molecule has 1 saturated carbocycles. The molecule has 1 aromatic heterocycles. The molecule has 23 heavy (non-hydrogen) atoms. The first-order valence-corrected chi connectivity index (χ1v) is 8.38. The van der Waals surface area contributed by atoms with E-state index in [2.05, 4.69) is 0 Å². The summed E-state index contributed by atoms with van der Waals surface area (Å²) in [6.07, 6.45) is 5.14. The van der Waals surface area contributed by atoms with Gasteiger partial charge in [-0.25, -0.2) is 4.79 Å². The maximum atomic E-state index is 12.5. The maximum absolute atomic E-state index is 12.5. The molecule has 1 aliphatic carbocycles.